The van der Waals surface area contributed by atoms with Crippen molar-refractivity contribution < 1.29 is 9.21 Å². The lowest BCUT2D eigenvalue weighted by molar-refractivity contribution is 0.0972. The average Bonchev–Trinajstić information content (AvgIpc) is 3.17. The van der Waals surface area contributed by atoms with Crippen LogP contribution in [0.2, 0.25) is 0 Å². The van der Waals surface area contributed by atoms with Crippen LogP contribution in [0, 0.1) is 0 Å². The number of nitrogens with one attached hydrogen (secondary N) is 2. The summed E-state index contributed by atoms with van der Waals surface area (Å²) in [7, 11) is 0. The standard InChI is InChI=1S/C21H30N4O2/c1-4-21(5-2,16-10-8-7-9-11-16)15-25-20(23-6-3)24-14-17-12-13-18(27-17)19(22)26/h7-13H,4-6,14-15H2,1-3H3,(H2,22,26)(H2,23,24,25). The molecule has 2 rings (SSSR count). The Kier molecular flexibility index (Phi) is 7.46. The summed E-state index contributed by atoms with van der Waals surface area (Å²) in [6, 6.07) is 13.9. The van der Waals surface area contributed by atoms with E-state index in [4.69, 9.17) is 10.2 Å². The van der Waals surface area contributed by atoms with Gasteiger partial charge in [0.2, 0.25) is 0 Å². The lowest BCUT2D eigenvalue weighted by Gasteiger charge is -2.33. The van der Waals surface area contributed by atoms with Crippen molar-refractivity contribution in [2.75, 3.05) is 13.1 Å². The van der Waals surface area contributed by atoms with Crippen LogP contribution in [0.3, 0.4) is 0 Å². The predicted octanol–water partition coefficient (Wildman–Crippen LogP) is 3.19. The number of primary amides is 1. The molecular formula is C21H30N4O2. The Morgan fingerprint density at radius 1 is 1.07 bits per heavy atom. The topological polar surface area (TPSA) is 92.6 Å². The molecule has 0 aliphatic heterocycles. The molecule has 1 aromatic carbocycles. The zero-order valence-corrected chi connectivity index (χ0v) is 16.4. The van der Waals surface area contributed by atoms with Crippen molar-refractivity contribution in [1.82, 2.24) is 10.6 Å². The van der Waals surface area contributed by atoms with E-state index >= 15 is 0 Å². The largest absolute Gasteiger partial charge is 0.454 e. The molecule has 0 radical (unpaired) electrons. The van der Waals surface area contributed by atoms with Gasteiger partial charge in [-0.15, -0.1) is 0 Å². The fourth-order valence-corrected chi connectivity index (χ4v) is 3.15. The van der Waals surface area contributed by atoms with Gasteiger partial charge in [0.25, 0.3) is 5.91 Å². The molecule has 4 N–H and O–H groups in total. The van der Waals surface area contributed by atoms with Crippen LogP contribution in [0.4, 0.5) is 0 Å². The molecule has 0 unspecified atom stereocenters. The molecule has 0 bridgehead atoms. The number of hydrogen-bond acceptors (Lipinski definition) is 3. The van der Waals surface area contributed by atoms with E-state index in [2.05, 4.69) is 53.7 Å². The second kappa shape index (κ2) is 9.80. The molecule has 0 saturated heterocycles. The molecule has 0 saturated carbocycles. The molecule has 0 spiro atoms. The van der Waals surface area contributed by atoms with Gasteiger partial charge in [0.05, 0.1) is 0 Å². The van der Waals surface area contributed by atoms with Gasteiger partial charge in [-0.25, -0.2) is 4.99 Å². The first-order chi connectivity index (χ1) is 13.0. The lowest BCUT2D eigenvalue weighted by Crippen LogP contribution is -2.45. The number of nitrogens with zero attached hydrogens (tertiary/aromatic N) is 1. The maximum Gasteiger partial charge on any atom is 0.284 e. The minimum Gasteiger partial charge on any atom is -0.454 e. The normalized spacial score (nSPS) is 12.0. The van der Waals surface area contributed by atoms with Gasteiger partial charge in [0.15, 0.2) is 11.7 Å². The number of furan rings is 1. The van der Waals surface area contributed by atoms with Gasteiger partial charge in [-0.05, 0) is 37.5 Å². The second-order valence-electron chi connectivity index (χ2n) is 6.53. The van der Waals surface area contributed by atoms with E-state index in [1.54, 1.807) is 12.1 Å². The van der Waals surface area contributed by atoms with Gasteiger partial charge in [-0.1, -0.05) is 44.2 Å². The van der Waals surface area contributed by atoms with E-state index in [0.29, 0.717) is 12.3 Å². The molecule has 1 amide bonds. The number of nitrogens with two attached hydrogens (primary N) is 1. The number of guanidine groups is 1. The first-order valence-electron chi connectivity index (χ1n) is 9.50. The van der Waals surface area contributed by atoms with Gasteiger partial charge in [-0.2, -0.15) is 0 Å². The zero-order valence-electron chi connectivity index (χ0n) is 16.4. The van der Waals surface area contributed by atoms with Crippen molar-refractivity contribution in [2.24, 2.45) is 10.7 Å². The summed E-state index contributed by atoms with van der Waals surface area (Å²) in [6.45, 7) is 8.33. The van der Waals surface area contributed by atoms with E-state index in [0.717, 1.165) is 31.9 Å². The summed E-state index contributed by atoms with van der Waals surface area (Å²) in [4.78, 5) is 15.7. The van der Waals surface area contributed by atoms with Crippen molar-refractivity contribution in [1.29, 1.82) is 0 Å². The zero-order chi connectivity index (χ0) is 19.7. The molecule has 1 heterocycles. The Morgan fingerprint density at radius 3 is 2.33 bits per heavy atom. The average molecular weight is 370 g/mol. The first-order valence-corrected chi connectivity index (χ1v) is 9.50. The number of carbonyl (C=O) groups is 1. The minimum atomic E-state index is -0.575. The predicted molar refractivity (Wildman–Crippen MR) is 109 cm³/mol. The van der Waals surface area contributed by atoms with E-state index < -0.39 is 5.91 Å². The molecule has 2 aromatic rings. The number of rotatable bonds is 9. The summed E-state index contributed by atoms with van der Waals surface area (Å²) in [5.41, 5.74) is 6.59. The third-order valence-electron chi connectivity index (χ3n) is 4.98. The number of benzene rings is 1. The third kappa shape index (κ3) is 5.36. The van der Waals surface area contributed by atoms with Crippen LogP contribution in [0.15, 0.2) is 51.9 Å². The summed E-state index contributed by atoms with van der Waals surface area (Å²) in [6.07, 6.45) is 2.06. The van der Waals surface area contributed by atoms with Gasteiger partial charge >= 0.3 is 0 Å². The molecule has 27 heavy (non-hydrogen) atoms. The summed E-state index contributed by atoms with van der Waals surface area (Å²) < 4.78 is 5.39. The fourth-order valence-electron chi connectivity index (χ4n) is 3.15. The van der Waals surface area contributed by atoms with Gasteiger partial charge in [0.1, 0.15) is 12.3 Å². The van der Waals surface area contributed by atoms with Crippen molar-refractivity contribution in [3.8, 4) is 0 Å². The van der Waals surface area contributed by atoms with Crippen LogP contribution >= 0.6 is 0 Å². The van der Waals surface area contributed by atoms with E-state index in [1.807, 2.05) is 13.0 Å². The monoisotopic (exact) mass is 370 g/mol. The molecule has 6 nitrogen and oxygen atoms in total. The number of carbonyl (C=O) groups excluding carboxylic acids is 1. The molecule has 0 aliphatic carbocycles. The molecule has 0 atom stereocenters. The quantitative estimate of drug-likeness (QED) is 0.467. The Labute approximate surface area is 161 Å². The first kappa shape index (κ1) is 20.6. The smallest absolute Gasteiger partial charge is 0.284 e. The van der Waals surface area contributed by atoms with Crippen LogP contribution in [0.5, 0.6) is 0 Å². The summed E-state index contributed by atoms with van der Waals surface area (Å²) in [5.74, 6) is 0.894. The van der Waals surface area contributed by atoms with Crippen molar-refractivity contribution in [2.45, 2.75) is 45.6 Å². The van der Waals surface area contributed by atoms with Crippen LogP contribution in [0.25, 0.3) is 0 Å². The van der Waals surface area contributed by atoms with Crippen LogP contribution in [-0.2, 0) is 12.0 Å². The summed E-state index contributed by atoms with van der Waals surface area (Å²) >= 11 is 0. The maximum atomic E-state index is 11.1. The highest BCUT2D eigenvalue weighted by Gasteiger charge is 2.28. The van der Waals surface area contributed by atoms with E-state index in [9.17, 15) is 4.79 Å². The van der Waals surface area contributed by atoms with Gasteiger partial charge in [-0.3, -0.25) is 4.79 Å². The highest BCUT2D eigenvalue weighted by Crippen LogP contribution is 2.30. The molecular weight excluding hydrogens is 340 g/mol. The SMILES string of the molecule is CCNC(=NCc1ccc(C(N)=O)o1)NCC(CC)(CC)c1ccccc1. The van der Waals surface area contributed by atoms with Crippen LogP contribution in [0.1, 0.15) is 55.5 Å². The lowest BCUT2D eigenvalue weighted by atomic mass is 9.76. The van der Waals surface area contributed by atoms with Crippen LogP contribution < -0.4 is 16.4 Å². The van der Waals surface area contributed by atoms with E-state index in [1.165, 1.54) is 5.56 Å². The Balaban J connectivity index is 2.10. The number of hydrogen-bond donors (Lipinski definition) is 3. The number of aliphatic imine (C=N–C) groups is 1. The molecule has 0 fully saturated rings. The third-order valence-corrected chi connectivity index (χ3v) is 4.98. The van der Waals surface area contributed by atoms with E-state index in [-0.39, 0.29) is 11.2 Å². The van der Waals surface area contributed by atoms with Crippen molar-refractivity contribution >= 4 is 11.9 Å². The molecule has 146 valence electrons. The van der Waals surface area contributed by atoms with Crippen LogP contribution in [-0.4, -0.2) is 25.0 Å². The maximum absolute atomic E-state index is 11.1. The highest BCUT2D eigenvalue weighted by molar-refractivity contribution is 5.89. The Hall–Kier alpha value is -2.76. The second-order valence-corrected chi connectivity index (χ2v) is 6.53. The minimum absolute atomic E-state index is 0.0429. The summed E-state index contributed by atoms with van der Waals surface area (Å²) in [5, 5.41) is 6.73. The van der Waals surface area contributed by atoms with Crippen molar-refractivity contribution in [3.63, 3.8) is 0 Å². The molecule has 6 heteroatoms. The highest BCUT2D eigenvalue weighted by atomic mass is 16.3. The molecule has 1 aromatic heterocycles. The Bertz CT molecular complexity index is 749. The van der Waals surface area contributed by atoms with Gasteiger partial charge in [0, 0.05) is 18.5 Å². The van der Waals surface area contributed by atoms with Crippen molar-refractivity contribution in [3.05, 3.63) is 59.5 Å². The van der Waals surface area contributed by atoms with Gasteiger partial charge < -0.3 is 20.8 Å². The molecule has 0 aliphatic rings. The Morgan fingerprint density at radius 2 is 1.78 bits per heavy atom. The fraction of sp³-hybridized carbons (Fsp3) is 0.429. The number of amides is 1.